The SMILES string of the molecule is O=Cc1cc(C=O)cc(-c2cc(-c3cc(C=O)cc(C=O)c3)cc(-c3cc(C=O)cc(C=O)c3)c2)c1. The summed E-state index contributed by atoms with van der Waals surface area (Å²) in [6.07, 6.45) is 3.89. The van der Waals surface area contributed by atoms with E-state index in [2.05, 4.69) is 0 Å². The molecular weight excluding hydrogens is 456 g/mol. The van der Waals surface area contributed by atoms with Crippen molar-refractivity contribution in [2.75, 3.05) is 0 Å². The van der Waals surface area contributed by atoms with Crippen molar-refractivity contribution in [2.24, 2.45) is 0 Å². The molecule has 0 saturated carbocycles. The second-order valence-corrected chi connectivity index (χ2v) is 8.17. The number of hydrogen-bond donors (Lipinski definition) is 0. The van der Waals surface area contributed by atoms with Gasteiger partial charge in [0.1, 0.15) is 37.7 Å². The lowest BCUT2D eigenvalue weighted by Crippen LogP contribution is -1.93. The molecule has 0 spiro atoms. The summed E-state index contributed by atoms with van der Waals surface area (Å²) < 4.78 is 0. The number of hydrogen-bond acceptors (Lipinski definition) is 6. The van der Waals surface area contributed by atoms with E-state index in [1.54, 1.807) is 36.4 Å². The Hall–Kier alpha value is -5.10. The van der Waals surface area contributed by atoms with Gasteiger partial charge in [-0.1, -0.05) is 0 Å². The zero-order valence-corrected chi connectivity index (χ0v) is 18.8. The van der Waals surface area contributed by atoms with Crippen molar-refractivity contribution in [3.8, 4) is 33.4 Å². The molecule has 0 radical (unpaired) electrons. The Bertz CT molecular complexity index is 1270. The van der Waals surface area contributed by atoms with E-state index in [1.807, 2.05) is 18.2 Å². The van der Waals surface area contributed by atoms with Gasteiger partial charge in [-0.3, -0.25) is 28.8 Å². The van der Waals surface area contributed by atoms with Crippen LogP contribution in [-0.4, -0.2) is 37.7 Å². The average Bonchev–Trinajstić information content (AvgIpc) is 2.95. The summed E-state index contributed by atoms with van der Waals surface area (Å²) in [5.74, 6) is 0. The summed E-state index contributed by atoms with van der Waals surface area (Å²) in [6.45, 7) is 0. The lowest BCUT2D eigenvalue weighted by Gasteiger charge is -2.13. The number of aldehydes is 6. The predicted molar refractivity (Wildman–Crippen MR) is 135 cm³/mol. The van der Waals surface area contributed by atoms with Crippen LogP contribution in [0.15, 0.2) is 72.8 Å². The molecule has 0 aliphatic rings. The van der Waals surface area contributed by atoms with Crippen molar-refractivity contribution in [1.82, 2.24) is 0 Å². The van der Waals surface area contributed by atoms with Crippen molar-refractivity contribution in [3.63, 3.8) is 0 Å². The van der Waals surface area contributed by atoms with Gasteiger partial charge in [-0.05, 0) is 106 Å². The highest BCUT2D eigenvalue weighted by Gasteiger charge is 2.12. The van der Waals surface area contributed by atoms with Crippen LogP contribution in [0.3, 0.4) is 0 Å². The summed E-state index contributed by atoms with van der Waals surface area (Å²) in [4.78, 5) is 68.8. The van der Waals surface area contributed by atoms with Crippen LogP contribution in [0.2, 0.25) is 0 Å². The molecule has 174 valence electrons. The van der Waals surface area contributed by atoms with Gasteiger partial charge in [0.15, 0.2) is 0 Å². The second-order valence-electron chi connectivity index (χ2n) is 8.17. The highest BCUT2D eigenvalue weighted by molar-refractivity contribution is 5.92. The van der Waals surface area contributed by atoms with Gasteiger partial charge in [-0.25, -0.2) is 0 Å². The molecule has 0 bridgehead atoms. The maximum Gasteiger partial charge on any atom is 0.150 e. The molecule has 0 saturated heterocycles. The molecule has 0 aliphatic carbocycles. The molecule has 4 aromatic rings. The minimum atomic E-state index is 0.318. The molecule has 0 amide bonds. The van der Waals surface area contributed by atoms with E-state index < -0.39 is 0 Å². The first-order chi connectivity index (χ1) is 17.5. The maximum atomic E-state index is 11.5. The van der Waals surface area contributed by atoms with Gasteiger partial charge in [0.05, 0.1) is 0 Å². The summed E-state index contributed by atoms with van der Waals surface area (Å²) in [6, 6.07) is 19.7. The van der Waals surface area contributed by atoms with Crippen molar-refractivity contribution < 1.29 is 28.8 Å². The first kappa shape index (κ1) is 24.0. The zero-order valence-electron chi connectivity index (χ0n) is 18.8. The lowest BCUT2D eigenvalue weighted by molar-refractivity contribution is 0.111. The van der Waals surface area contributed by atoms with Crippen LogP contribution in [-0.2, 0) is 0 Å². The van der Waals surface area contributed by atoms with Gasteiger partial charge in [0, 0.05) is 33.4 Å². The predicted octanol–water partition coefficient (Wildman–Crippen LogP) is 5.56. The van der Waals surface area contributed by atoms with E-state index in [1.165, 1.54) is 18.2 Å². The third-order valence-corrected chi connectivity index (χ3v) is 5.68. The smallest absolute Gasteiger partial charge is 0.150 e. The van der Waals surface area contributed by atoms with Crippen molar-refractivity contribution in [2.45, 2.75) is 0 Å². The summed E-state index contributed by atoms with van der Waals surface area (Å²) in [5, 5.41) is 0. The fourth-order valence-electron chi connectivity index (χ4n) is 4.07. The largest absolute Gasteiger partial charge is 0.298 e. The van der Waals surface area contributed by atoms with Gasteiger partial charge in [0.25, 0.3) is 0 Å². The van der Waals surface area contributed by atoms with Crippen LogP contribution in [0, 0.1) is 0 Å². The molecule has 4 aromatic carbocycles. The van der Waals surface area contributed by atoms with Gasteiger partial charge in [-0.15, -0.1) is 0 Å². The van der Waals surface area contributed by atoms with Crippen LogP contribution in [0.25, 0.3) is 33.4 Å². The Morgan fingerprint density at radius 2 is 0.417 bits per heavy atom. The minimum absolute atomic E-state index is 0.318. The molecule has 0 unspecified atom stereocenters. The fourth-order valence-corrected chi connectivity index (χ4v) is 4.07. The standard InChI is InChI=1S/C30H18O6/c31-13-19-1-20(14-32)5-25(4-19)28-10-29(26-6-21(15-33)2-22(7-26)16-34)12-30(11-28)27-8-23(17-35)3-24(9-27)18-36/h1-18H. The Labute approximate surface area is 206 Å². The number of carbonyl (C=O) groups excluding carboxylic acids is 6. The summed E-state index contributed by atoms with van der Waals surface area (Å²) >= 11 is 0. The summed E-state index contributed by atoms with van der Waals surface area (Å²) in [5.41, 5.74) is 5.61. The second kappa shape index (κ2) is 10.4. The van der Waals surface area contributed by atoms with Crippen LogP contribution in [0.5, 0.6) is 0 Å². The molecular formula is C30H18O6. The van der Waals surface area contributed by atoms with E-state index in [-0.39, 0.29) is 0 Å². The van der Waals surface area contributed by atoms with Crippen molar-refractivity contribution in [1.29, 1.82) is 0 Å². The van der Waals surface area contributed by atoms with Crippen molar-refractivity contribution in [3.05, 3.63) is 106 Å². The molecule has 0 aliphatic heterocycles. The molecule has 6 nitrogen and oxygen atoms in total. The number of carbonyl (C=O) groups is 6. The van der Waals surface area contributed by atoms with Crippen LogP contribution < -0.4 is 0 Å². The Kier molecular flexibility index (Phi) is 6.97. The molecule has 0 atom stereocenters. The highest BCUT2D eigenvalue weighted by Crippen LogP contribution is 2.34. The first-order valence-electron chi connectivity index (χ1n) is 10.8. The van der Waals surface area contributed by atoms with Crippen LogP contribution in [0.4, 0.5) is 0 Å². The lowest BCUT2D eigenvalue weighted by atomic mass is 9.90. The average molecular weight is 474 g/mol. The molecule has 0 fully saturated rings. The normalized spacial score (nSPS) is 10.3. The number of benzene rings is 4. The Morgan fingerprint density at radius 3 is 0.583 bits per heavy atom. The third-order valence-electron chi connectivity index (χ3n) is 5.68. The fraction of sp³-hybridized carbons (Fsp3) is 0. The van der Waals surface area contributed by atoms with E-state index >= 15 is 0 Å². The van der Waals surface area contributed by atoms with Gasteiger partial charge in [-0.2, -0.15) is 0 Å². The molecule has 0 aromatic heterocycles. The minimum Gasteiger partial charge on any atom is -0.298 e. The molecule has 0 N–H and O–H groups in total. The monoisotopic (exact) mass is 474 g/mol. The van der Waals surface area contributed by atoms with Crippen LogP contribution in [0.1, 0.15) is 62.1 Å². The van der Waals surface area contributed by atoms with E-state index in [9.17, 15) is 28.8 Å². The summed E-state index contributed by atoms with van der Waals surface area (Å²) in [7, 11) is 0. The van der Waals surface area contributed by atoms with Crippen molar-refractivity contribution >= 4 is 37.7 Å². The molecule has 36 heavy (non-hydrogen) atoms. The maximum absolute atomic E-state index is 11.5. The Balaban J connectivity index is 2.03. The van der Waals surface area contributed by atoms with Gasteiger partial charge < -0.3 is 0 Å². The van der Waals surface area contributed by atoms with Crippen LogP contribution >= 0.6 is 0 Å². The molecule has 0 heterocycles. The van der Waals surface area contributed by atoms with Gasteiger partial charge >= 0.3 is 0 Å². The van der Waals surface area contributed by atoms with E-state index in [0.717, 1.165) is 0 Å². The molecule has 4 rings (SSSR count). The van der Waals surface area contributed by atoms with Gasteiger partial charge in [0.2, 0.25) is 0 Å². The number of rotatable bonds is 9. The van der Waals surface area contributed by atoms with E-state index in [0.29, 0.717) is 104 Å². The Morgan fingerprint density at radius 1 is 0.250 bits per heavy atom. The highest BCUT2D eigenvalue weighted by atomic mass is 16.1. The topological polar surface area (TPSA) is 102 Å². The van der Waals surface area contributed by atoms with E-state index in [4.69, 9.17) is 0 Å². The first-order valence-corrected chi connectivity index (χ1v) is 10.8. The quantitative estimate of drug-likeness (QED) is 0.294. The third kappa shape index (κ3) is 5.03. The zero-order chi connectivity index (χ0) is 25.7. The molecule has 6 heteroatoms.